The third-order valence-corrected chi connectivity index (χ3v) is 7.02. The van der Waals surface area contributed by atoms with Crippen LogP contribution in [0.2, 0.25) is 0 Å². The summed E-state index contributed by atoms with van der Waals surface area (Å²) < 4.78 is 27.2. The molecule has 28 heavy (non-hydrogen) atoms. The monoisotopic (exact) mass is 398 g/mol. The van der Waals surface area contributed by atoms with Gasteiger partial charge >= 0.3 is 0 Å². The molecule has 6 heteroatoms. The zero-order chi connectivity index (χ0) is 20.3. The van der Waals surface area contributed by atoms with E-state index < -0.39 is 10.0 Å². The maximum Gasteiger partial charge on any atom is 0.246 e. The Morgan fingerprint density at radius 2 is 1.64 bits per heavy atom. The number of piperazine rings is 1. The third-order valence-electron chi connectivity index (χ3n) is 5.13. The predicted octanol–water partition coefficient (Wildman–Crippen LogP) is 3.16. The van der Waals surface area contributed by atoms with Gasteiger partial charge in [-0.2, -0.15) is 4.31 Å². The molecular weight excluding hydrogens is 372 g/mol. The lowest BCUT2D eigenvalue weighted by Gasteiger charge is -2.33. The molecule has 0 bridgehead atoms. The standard InChI is InChI=1S/C22H26N2O3S/c1-17-5-4-6-20(15-17)8-10-22(25)23-11-13-24(14-12-23)28(26,27)21-9-7-18(2)19(3)16-21/h4-10,15-16H,11-14H2,1-3H3. The van der Waals surface area contributed by atoms with Crippen molar-refractivity contribution < 1.29 is 13.2 Å². The van der Waals surface area contributed by atoms with Crippen LogP contribution >= 0.6 is 0 Å². The van der Waals surface area contributed by atoms with E-state index in [2.05, 4.69) is 0 Å². The lowest BCUT2D eigenvalue weighted by Crippen LogP contribution is -2.50. The molecule has 2 aromatic rings. The minimum absolute atomic E-state index is 0.0928. The maximum atomic E-state index is 12.9. The molecule has 1 aliphatic heterocycles. The van der Waals surface area contributed by atoms with Crippen molar-refractivity contribution in [3.8, 4) is 0 Å². The first-order chi connectivity index (χ1) is 13.3. The van der Waals surface area contributed by atoms with Gasteiger partial charge in [0.15, 0.2) is 0 Å². The van der Waals surface area contributed by atoms with Gasteiger partial charge in [-0.25, -0.2) is 8.42 Å². The summed E-state index contributed by atoms with van der Waals surface area (Å²) in [7, 11) is -3.53. The van der Waals surface area contributed by atoms with Crippen molar-refractivity contribution in [2.24, 2.45) is 0 Å². The molecule has 148 valence electrons. The lowest BCUT2D eigenvalue weighted by molar-refractivity contribution is -0.127. The molecule has 0 atom stereocenters. The Balaban J connectivity index is 1.63. The van der Waals surface area contributed by atoms with E-state index in [0.29, 0.717) is 31.1 Å². The van der Waals surface area contributed by atoms with Crippen LogP contribution in [0.15, 0.2) is 53.4 Å². The van der Waals surface area contributed by atoms with Gasteiger partial charge in [0.25, 0.3) is 0 Å². The lowest BCUT2D eigenvalue weighted by atomic mass is 10.1. The molecule has 0 aromatic heterocycles. The normalized spacial score (nSPS) is 15.9. The van der Waals surface area contributed by atoms with Crippen molar-refractivity contribution in [3.05, 3.63) is 70.8 Å². The van der Waals surface area contributed by atoms with Crippen LogP contribution in [0.3, 0.4) is 0 Å². The molecule has 1 fully saturated rings. The fraction of sp³-hybridized carbons (Fsp3) is 0.318. The van der Waals surface area contributed by atoms with Crippen molar-refractivity contribution in [2.75, 3.05) is 26.2 Å². The quantitative estimate of drug-likeness (QED) is 0.744. The average molecular weight is 399 g/mol. The highest BCUT2D eigenvalue weighted by molar-refractivity contribution is 7.89. The fourth-order valence-corrected chi connectivity index (χ4v) is 4.73. The number of carbonyl (C=O) groups excluding carboxylic acids is 1. The Kier molecular flexibility index (Phi) is 6.01. The Bertz CT molecular complexity index is 1000. The smallest absolute Gasteiger partial charge is 0.246 e. The number of sulfonamides is 1. The van der Waals surface area contributed by atoms with Gasteiger partial charge in [-0.15, -0.1) is 0 Å². The topological polar surface area (TPSA) is 57.7 Å². The van der Waals surface area contributed by atoms with Crippen LogP contribution in [0.1, 0.15) is 22.3 Å². The summed E-state index contributed by atoms with van der Waals surface area (Å²) >= 11 is 0. The van der Waals surface area contributed by atoms with Crippen molar-refractivity contribution >= 4 is 22.0 Å². The highest BCUT2D eigenvalue weighted by Gasteiger charge is 2.29. The number of rotatable bonds is 4. The summed E-state index contributed by atoms with van der Waals surface area (Å²) in [6.45, 7) is 7.26. The number of nitrogens with zero attached hydrogens (tertiary/aromatic N) is 2. The largest absolute Gasteiger partial charge is 0.337 e. The number of hydrogen-bond acceptors (Lipinski definition) is 3. The second-order valence-corrected chi connectivity index (χ2v) is 9.16. The molecule has 1 amide bonds. The van der Waals surface area contributed by atoms with E-state index in [9.17, 15) is 13.2 Å². The first kappa shape index (κ1) is 20.3. The van der Waals surface area contributed by atoms with E-state index in [0.717, 1.165) is 22.3 Å². The number of hydrogen-bond donors (Lipinski definition) is 0. The highest BCUT2D eigenvalue weighted by atomic mass is 32.2. The summed E-state index contributed by atoms with van der Waals surface area (Å²) in [5.41, 5.74) is 4.13. The van der Waals surface area contributed by atoms with Crippen LogP contribution in [0.25, 0.3) is 6.08 Å². The van der Waals surface area contributed by atoms with Crippen LogP contribution in [0.4, 0.5) is 0 Å². The first-order valence-electron chi connectivity index (χ1n) is 9.38. The highest BCUT2D eigenvalue weighted by Crippen LogP contribution is 2.20. The van der Waals surface area contributed by atoms with Gasteiger partial charge in [0.2, 0.25) is 15.9 Å². The van der Waals surface area contributed by atoms with E-state index >= 15 is 0 Å². The Morgan fingerprint density at radius 3 is 2.29 bits per heavy atom. The van der Waals surface area contributed by atoms with E-state index in [1.165, 1.54) is 4.31 Å². The summed E-state index contributed by atoms with van der Waals surface area (Å²) in [6.07, 6.45) is 3.36. The molecule has 1 saturated heterocycles. The van der Waals surface area contributed by atoms with Crippen LogP contribution in [-0.4, -0.2) is 49.7 Å². The number of amides is 1. The molecule has 1 aliphatic rings. The number of carbonyl (C=O) groups is 1. The van der Waals surface area contributed by atoms with Crippen LogP contribution in [0.5, 0.6) is 0 Å². The first-order valence-corrected chi connectivity index (χ1v) is 10.8. The predicted molar refractivity (Wildman–Crippen MR) is 111 cm³/mol. The van der Waals surface area contributed by atoms with E-state index in [-0.39, 0.29) is 5.91 Å². The minimum Gasteiger partial charge on any atom is -0.337 e. The fourth-order valence-electron chi connectivity index (χ4n) is 3.22. The van der Waals surface area contributed by atoms with Gasteiger partial charge < -0.3 is 4.90 Å². The minimum atomic E-state index is -3.53. The van der Waals surface area contributed by atoms with E-state index in [1.807, 2.05) is 51.1 Å². The third kappa shape index (κ3) is 4.51. The average Bonchev–Trinajstić information content (AvgIpc) is 2.68. The summed E-state index contributed by atoms with van der Waals surface area (Å²) in [4.78, 5) is 14.4. The summed E-state index contributed by atoms with van der Waals surface area (Å²) in [5, 5.41) is 0. The Hall–Kier alpha value is -2.44. The molecule has 0 unspecified atom stereocenters. The van der Waals surface area contributed by atoms with Crippen molar-refractivity contribution in [1.82, 2.24) is 9.21 Å². The second kappa shape index (κ2) is 8.29. The maximum absolute atomic E-state index is 12.9. The van der Waals surface area contributed by atoms with Gasteiger partial charge in [-0.1, -0.05) is 35.9 Å². The summed E-state index contributed by atoms with van der Waals surface area (Å²) in [6, 6.07) is 13.1. The van der Waals surface area contributed by atoms with Gasteiger partial charge in [-0.3, -0.25) is 4.79 Å². The van der Waals surface area contributed by atoms with Crippen LogP contribution in [0, 0.1) is 20.8 Å². The van der Waals surface area contributed by atoms with Crippen molar-refractivity contribution in [3.63, 3.8) is 0 Å². The van der Waals surface area contributed by atoms with Gasteiger partial charge in [0, 0.05) is 32.3 Å². The number of benzene rings is 2. The van der Waals surface area contributed by atoms with Crippen molar-refractivity contribution in [2.45, 2.75) is 25.7 Å². The molecule has 0 spiro atoms. The number of aryl methyl sites for hydroxylation is 3. The molecular formula is C22H26N2O3S. The van der Waals surface area contributed by atoms with Crippen LogP contribution < -0.4 is 0 Å². The van der Waals surface area contributed by atoms with Gasteiger partial charge in [0.1, 0.15) is 0 Å². The molecule has 5 nitrogen and oxygen atoms in total. The molecule has 2 aromatic carbocycles. The molecule has 3 rings (SSSR count). The van der Waals surface area contributed by atoms with E-state index in [1.54, 1.807) is 29.2 Å². The Labute approximate surface area is 167 Å². The van der Waals surface area contributed by atoms with E-state index in [4.69, 9.17) is 0 Å². The molecule has 0 radical (unpaired) electrons. The summed E-state index contributed by atoms with van der Waals surface area (Å²) in [5.74, 6) is -0.0928. The molecule has 0 N–H and O–H groups in total. The second-order valence-electron chi connectivity index (χ2n) is 7.22. The zero-order valence-electron chi connectivity index (χ0n) is 16.6. The van der Waals surface area contributed by atoms with Crippen LogP contribution in [-0.2, 0) is 14.8 Å². The molecule has 1 heterocycles. The SMILES string of the molecule is Cc1cccc(C=CC(=O)N2CCN(S(=O)(=O)c3ccc(C)c(C)c3)CC2)c1. The van der Waals surface area contributed by atoms with Gasteiger partial charge in [0.05, 0.1) is 4.90 Å². The Morgan fingerprint density at radius 1 is 0.929 bits per heavy atom. The zero-order valence-corrected chi connectivity index (χ0v) is 17.4. The molecule has 0 saturated carbocycles. The van der Waals surface area contributed by atoms with Gasteiger partial charge in [-0.05, 0) is 55.7 Å². The van der Waals surface area contributed by atoms with Crippen molar-refractivity contribution in [1.29, 1.82) is 0 Å². The molecule has 0 aliphatic carbocycles.